The number of hydrogen-bond donors (Lipinski definition) is 2. The lowest BCUT2D eigenvalue weighted by Gasteiger charge is -2.11. The van der Waals surface area contributed by atoms with Crippen LogP contribution >= 0.6 is 0 Å². The Labute approximate surface area is 113 Å². The van der Waals surface area contributed by atoms with Crippen LogP contribution in [0.3, 0.4) is 0 Å². The first-order valence-electron chi connectivity index (χ1n) is 5.12. The molecular formula is C9H11F3N2O4S2. The molecule has 0 aliphatic rings. The van der Waals surface area contributed by atoms with Crippen molar-refractivity contribution in [3.8, 4) is 0 Å². The van der Waals surface area contributed by atoms with E-state index in [-0.39, 0.29) is 0 Å². The molecule has 0 aliphatic heterocycles. The highest BCUT2D eigenvalue weighted by atomic mass is 32.2. The van der Waals surface area contributed by atoms with Crippen molar-refractivity contribution < 1.29 is 30.0 Å². The van der Waals surface area contributed by atoms with E-state index in [0.717, 1.165) is 12.1 Å². The molecule has 0 aromatic heterocycles. The fourth-order valence-corrected chi connectivity index (χ4v) is 3.72. The minimum atomic E-state index is -4.53. The smallest absolute Gasteiger partial charge is 0.225 e. The normalized spacial score (nSPS) is 13.4. The van der Waals surface area contributed by atoms with E-state index < -0.39 is 49.0 Å². The predicted molar refractivity (Wildman–Crippen MR) is 63.7 cm³/mol. The maximum Gasteiger partial charge on any atom is 0.390 e. The molecule has 0 bridgehead atoms. The van der Waals surface area contributed by atoms with Gasteiger partial charge in [-0.25, -0.2) is 26.7 Å². The van der Waals surface area contributed by atoms with Gasteiger partial charge in [-0.05, 0) is 12.1 Å². The Balaban J connectivity index is 3.06. The monoisotopic (exact) mass is 332 g/mol. The van der Waals surface area contributed by atoms with E-state index >= 15 is 0 Å². The average Bonchev–Trinajstić information content (AvgIpc) is 2.25. The number of nitrogens with one attached hydrogen (secondary N) is 1. The van der Waals surface area contributed by atoms with E-state index in [0.29, 0.717) is 0 Å². The molecule has 1 rings (SSSR count). The largest absolute Gasteiger partial charge is 0.390 e. The molecule has 3 N–H and O–H groups in total. The van der Waals surface area contributed by atoms with Gasteiger partial charge in [-0.1, -0.05) is 12.1 Å². The Morgan fingerprint density at radius 2 is 1.55 bits per heavy atom. The molecule has 0 saturated carbocycles. The molecule has 0 heterocycles. The SMILES string of the molecule is NS(=O)(=O)c1ccccc1S(=O)(=O)NCCC(F)(F)F. The van der Waals surface area contributed by atoms with Gasteiger partial charge in [0.25, 0.3) is 0 Å². The first kappa shape index (κ1) is 16.9. The lowest BCUT2D eigenvalue weighted by atomic mass is 10.4. The summed E-state index contributed by atoms with van der Waals surface area (Å²) in [5.41, 5.74) is 0. The van der Waals surface area contributed by atoms with Gasteiger partial charge in [0.2, 0.25) is 20.0 Å². The molecule has 6 nitrogen and oxygen atoms in total. The summed E-state index contributed by atoms with van der Waals surface area (Å²) in [6.45, 7) is -0.898. The molecule has 0 radical (unpaired) electrons. The molecular weight excluding hydrogens is 321 g/mol. The number of benzene rings is 1. The first-order chi connectivity index (χ1) is 8.93. The van der Waals surface area contributed by atoms with Gasteiger partial charge < -0.3 is 0 Å². The zero-order valence-electron chi connectivity index (χ0n) is 9.88. The number of alkyl halides is 3. The van der Waals surface area contributed by atoms with Crippen molar-refractivity contribution in [1.29, 1.82) is 0 Å². The summed E-state index contributed by atoms with van der Waals surface area (Å²) in [5.74, 6) is 0. The highest BCUT2D eigenvalue weighted by Gasteiger charge is 2.29. The van der Waals surface area contributed by atoms with Crippen LogP contribution in [0, 0.1) is 0 Å². The van der Waals surface area contributed by atoms with Crippen molar-refractivity contribution in [2.45, 2.75) is 22.4 Å². The standard InChI is InChI=1S/C9H11F3N2O4S2/c10-9(11,12)5-6-14-20(17,18)8-4-2-1-3-7(8)19(13,15)16/h1-4,14H,5-6H2,(H2,13,15,16). The lowest BCUT2D eigenvalue weighted by molar-refractivity contribution is -0.132. The lowest BCUT2D eigenvalue weighted by Crippen LogP contribution is -2.29. The van der Waals surface area contributed by atoms with Gasteiger partial charge in [-0.15, -0.1) is 0 Å². The second-order valence-electron chi connectivity index (χ2n) is 3.75. The minimum absolute atomic E-state index is 0.681. The van der Waals surface area contributed by atoms with E-state index in [2.05, 4.69) is 0 Å². The molecule has 0 saturated heterocycles. The highest BCUT2D eigenvalue weighted by molar-refractivity contribution is 7.92. The molecule has 0 amide bonds. The topological polar surface area (TPSA) is 106 Å². The van der Waals surface area contributed by atoms with Crippen LogP contribution in [-0.2, 0) is 20.0 Å². The second kappa shape index (κ2) is 5.68. The summed E-state index contributed by atoms with van der Waals surface area (Å²) in [6, 6.07) is 4.37. The van der Waals surface area contributed by atoms with Gasteiger partial charge in [0, 0.05) is 6.54 Å². The van der Waals surface area contributed by atoms with Crippen molar-refractivity contribution >= 4 is 20.0 Å². The third kappa shape index (κ3) is 4.74. The Bertz CT molecular complexity index is 683. The van der Waals surface area contributed by atoms with Gasteiger partial charge in [0.1, 0.15) is 9.79 Å². The summed E-state index contributed by atoms with van der Waals surface area (Å²) < 4.78 is 83.6. The Morgan fingerprint density at radius 3 is 2.00 bits per heavy atom. The van der Waals surface area contributed by atoms with Gasteiger partial charge in [0.15, 0.2) is 0 Å². The molecule has 1 aromatic carbocycles. The van der Waals surface area contributed by atoms with Crippen molar-refractivity contribution in [3.63, 3.8) is 0 Å². The summed E-state index contributed by atoms with van der Waals surface area (Å²) >= 11 is 0. The Kier molecular flexibility index (Phi) is 4.79. The molecule has 11 heteroatoms. The quantitative estimate of drug-likeness (QED) is 0.822. The Hall–Kier alpha value is -1.17. The van der Waals surface area contributed by atoms with Crippen LogP contribution < -0.4 is 9.86 Å². The fraction of sp³-hybridized carbons (Fsp3) is 0.333. The fourth-order valence-electron chi connectivity index (χ4n) is 1.31. The molecule has 0 atom stereocenters. The molecule has 0 spiro atoms. The van der Waals surface area contributed by atoms with Crippen LogP contribution in [0.2, 0.25) is 0 Å². The number of rotatable bonds is 5. The van der Waals surface area contributed by atoms with E-state index in [1.807, 2.05) is 0 Å². The summed E-state index contributed by atoms with van der Waals surface area (Å²) in [7, 11) is -8.72. The highest BCUT2D eigenvalue weighted by Crippen LogP contribution is 2.21. The van der Waals surface area contributed by atoms with Crippen LogP contribution in [0.15, 0.2) is 34.1 Å². The maximum absolute atomic E-state index is 12.0. The van der Waals surface area contributed by atoms with E-state index in [9.17, 15) is 30.0 Å². The third-order valence-electron chi connectivity index (χ3n) is 2.15. The summed E-state index contributed by atoms with van der Waals surface area (Å²) in [6.07, 6.45) is -5.90. The summed E-state index contributed by atoms with van der Waals surface area (Å²) in [4.78, 5) is -1.37. The van der Waals surface area contributed by atoms with Crippen LogP contribution in [0.4, 0.5) is 13.2 Å². The predicted octanol–water partition coefficient (Wildman–Crippen LogP) is 0.565. The van der Waals surface area contributed by atoms with Crippen molar-refractivity contribution in [2.24, 2.45) is 5.14 Å². The molecule has 0 aliphatic carbocycles. The van der Waals surface area contributed by atoms with Crippen LogP contribution in [0.1, 0.15) is 6.42 Å². The Morgan fingerprint density at radius 1 is 1.05 bits per heavy atom. The third-order valence-corrected chi connectivity index (χ3v) is 4.76. The maximum atomic E-state index is 12.0. The second-order valence-corrected chi connectivity index (χ2v) is 7.02. The van der Waals surface area contributed by atoms with Crippen LogP contribution in [0.25, 0.3) is 0 Å². The summed E-state index contributed by atoms with van der Waals surface area (Å²) in [5, 5.41) is 4.85. The number of halogens is 3. The molecule has 0 fully saturated rings. The number of sulfonamides is 2. The van der Waals surface area contributed by atoms with Crippen LogP contribution in [0.5, 0.6) is 0 Å². The van der Waals surface area contributed by atoms with Crippen molar-refractivity contribution in [1.82, 2.24) is 4.72 Å². The molecule has 1 aromatic rings. The first-order valence-corrected chi connectivity index (χ1v) is 8.15. The molecule has 114 valence electrons. The van der Waals surface area contributed by atoms with Gasteiger partial charge in [0.05, 0.1) is 6.42 Å². The minimum Gasteiger partial charge on any atom is -0.225 e. The van der Waals surface area contributed by atoms with Crippen LogP contribution in [-0.4, -0.2) is 29.6 Å². The zero-order valence-corrected chi connectivity index (χ0v) is 11.5. The van der Waals surface area contributed by atoms with E-state index in [4.69, 9.17) is 5.14 Å². The zero-order chi connectivity index (χ0) is 15.6. The number of nitrogens with two attached hydrogens (primary N) is 1. The van der Waals surface area contributed by atoms with Gasteiger partial charge in [-0.2, -0.15) is 13.2 Å². The van der Waals surface area contributed by atoms with Crippen molar-refractivity contribution in [2.75, 3.05) is 6.54 Å². The van der Waals surface area contributed by atoms with Crippen molar-refractivity contribution in [3.05, 3.63) is 24.3 Å². The van der Waals surface area contributed by atoms with E-state index in [1.165, 1.54) is 12.1 Å². The molecule has 20 heavy (non-hydrogen) atoms. The van der Waals surface area contributed by atoms with Gasteiger partial charge >= 0.3 is 6.18 Å². The number of hydrogen-bond acceptors (Lipinski definition) is 4. The number of primary sulfonamides is 1. The molecule has 0 unspecified atom stereocenters. The average molecular weight is 332 g/mol. The van der Waals surface area contributed by atoms with E-state index in [1.54, 1.807) is 4.72 Å². The van der Waals surface area contributed by atoms with Gasteiger partial charge in [-0.3, -0.25) is 0 Å².